The van der Waals surface area contributed by atoms with Gasteiger partial charge in [0.1, 0.15) is 29.2 Å². The number of thioether (sulfide) groups is 1. The highest BCUT2D eigenvalue weighted by Crippen LogP contribution is 2.44. The number of amides is 1. The first kappa shape index (κ1) is 24.3. The number of furan rings is 1. The van der Waals surface area contributed by atoms with Crippen LogP contribution in [-0.2, 0) is 20.9 Å². The van der Waals surface area contributed by atoms with Gasteiger partial charge in [0.25, 0.3) is 11.6 Å². The van der Waals surface area contributed by atoms with Crippen LogP contribution in [0.25, 0.3) is 5.57 Å². The van der Waals surface area contributed by atoms with Gasteiger partial charge in [-0.05, 0) is 47.5 Å². The number of nitro groups is 1. The molecule has 37 heavy (non-hydrogen) atoms. The number of esters is 1. The summed E-state index contributed by atoms with van der Waals surface area (Å²) < 4.78 is 16.3. The summed E-state index contributed by atoms with van der Waals surface area (Å²) in [7, 11) is 1.57. The van der Waals surface area contributed by atoms with Crippen molar-refractivity contribution in [1.82, 2.24) is 4.90 Å². The number of carbonyl (C=O) groups is 2. The van der Waals surface area contributed by atoms with E-state index in [0.717, 1.165) is 5.56 Å². The molecule has 0 spiro atoms. The number of benzene rings is 2. The minimum Gasteiger partial charge on any atom is -0.497 e. The van der Waals surface area contributed by atoms with E-state index in [0.29, 0.717) is 28.4 Å². The van der Waals surface area contributed by atoms with Crippen LogP contribution in [0.4, 0.5) is 5.69 Å². The highest BCUT2D eigenvalue weighted by Gasteiger charge is 2.54. The minimum atomic E-state index is -0.692. The molecule has 1 amide bonds. The van der Waals surface area contributed by atoms with Gasteiger partial charge in [0.2, 0.25) is 0 Å². The van der Waals surface area contributed by atoms with Crippen molar-refractivity contribution in [3.63, 3.8) is 0 Å². The van der Waals surface area contributed by atoms with E-state index < -0.39 is 16.9 Å². The van der Waals surface area contributed by atoms with E-state index in [4.69, 9.17) is 13.9 Å². The highest BCUT2D eigenvalue weighted by atomic mass is 32.2. The Morgan fingerprint density at radius 3 is 2.62 bits per heavy atom. The van der Waals surface area contributed by atoms with Crippen LogP contribution in [0.2, 0.25) is 0 Å². The molecule has 2 aromatic carbocycles. The molecule has 3 heterocycles. The van der Waals surface area contributed by atoms with E-state index in [1.807, 2.05) is 0 Å². The van der Waals surface area contributed by atoms with Gasteiger partial charge in [-0.15, -0.1) is 11.8 Å². The van der Waals surface area contributed by atoms with E-state index in [1.165, 1.54) is 41.3 Å². The third-order valence-electron chi connectivity index (χ3n) is 5.97. The maximum atomic E-state index is 13.3. The van der Waals surface area contributed by atoms with Gasteiger partial charge in [-0.3, -0.25) is 24.8 Å². The van der Waals surface area contributed by atoms with Crippen molar-refractivity contribution in [2.75, 3.05) is 12.9 Å². The molecule has 0 saturated carbocycles. The molecular formula is C26H21N3O7S. The number of nitrogens with zero attached hydrogens (tertiary/aromatic N) is 3. The van der Waals surface area contributed by atoms with Gasteiger partial charge in [-0.2, -0.15) is 0 Å². The summed E-state index contributed by atoms with van der Waals surface area (Å²) in [6, 6.07) is 15.8. The monoisotopic (exact) mass is 519 g/mol. The zero-order valence-corrected chi connectivity index (χ0v) is 20.4. The molecule has 1 saturated heterocycles. The number of ether oxygens (including phenoxy) is 2. The fourth-order valence-corrected chi connectivity index (χ4v) is 5.36. The number of hydrogen-bond acceptors (Lipinski definition) is 9. The van der Waals surface area contributed by atoms with Gasteiger partial charge >= 0.3 is 5.97 Å². The summed E-state index contributed by atoms with van der Waals surface area (Å²) in [5.74, 6) is 0.650. The minimum absolute atomic E-state index is 0.0271. The van der Waals surface area contributed by atoms with Gasteiger partial charge in [0.15, 0.2) is 6.04 Å². The zero-order chi connectivity index (χ0) is 25.9. The molecule has 2 atom stereocenters. The predicted molar refractivity (Wildman–Crippen MR) is 136 cm³/mol. The largest absolute Gasteiger partial charge is 0.497 e. The molecule has 2 aliphatic rings. The summed E-state index contributed by atoms with van der Waals surface area (Å²) in [4.78, 5) is 42.6. The van der Waals surface area contributed by atoms with E-state index in [9.17, 15) is 19.7 Å². The Balaban J connectivity index is 1.35. The van der Waals surface area contributed by atoms with Crippen molar-refractivity contribution in [2.24, 2.45) is 4.99 Å². The molecule has 0 unspecified atom stereocenters. The van der Waals surface area contributed by atoms with Crippen LogP contribution in [0.5, 0.6) is 5.75 Å². The van der Waals surface area contributed by atoms with Crippen molar-refractivity contribution < 1.29 is 28.4 Å². The standard InChI is InChI=1S/C26H21N3O7S/c1-34-19-10-6-17(7-11-19)14-36-26(31)23-20(21-3-2-12-35-21)15-37-25-22(24(30)28(23)25)27-13-16-4-8-18(9-5-16)29(32)33/h2-13,22,25H,14-15H2,1H3/t22-,25+/m1/s1. The molecule has 0 aliphatic carbocycles. The van der Waals surface area contributed by atoms with Crippen LogP contribution in [0, 0.1) is 10.1 Å². The van der Waals surface area contributed by atoms with Crippen LogP contribution >= 0.6 is 11.8 Å². The number of fused-ring (bicyclic) bond motifs is 1. The van der Waals surface area contributed by atoms with Crippen molar-refractivity contribution in [1.29, 1.82) is 0 Å². The van der Waals surface area contributed by atoms with E-state index in [2.05, 4.69) is 4.99 Å². The fraction of sp³-hybridized carbons (Fsp3) is 0.192. The zero-order valence-electron chi connectivity index (χ0n) is 19.6. The Hall–Kier alpha value is -4.38. The maximum absolute atomic E-state index is 13.3. The lowest BCUT2D eigenvalue weighted by molar-refractivity contribution is -0.384. The average molecular weight is 520 g/mol. The molecule has 0 radical (unpaired) electrons. The lowest BCUT2D eigenvalue weighted by Gasteiger charge is -2.47. The average Bonchev–Trinajstić information content (AvgIpc) is 3.46. The smallest absolute Gasteiger partial charge is 0.355 e. The summed E-state index contributed by atoms with van der Waals surface area (Å²) in [5, 5.41) is 10.5. The quantitative estimate of drug-likeness (QED) is 0.144. The Kier molecular flexibility index (Phi) is 6.78. The molecule has 2 aliphatic heterocycles. The van der Waals surface area contributed by atoms with Crippen LogP contribution in [-0.4, -0.2) is 52.2 Å². The second-order valence-corrected chi connectivity index (χ2v) is 9.32. The predicted octanol–water partition coefficient (Wildman–Crippen LogP) is 4.05. The summed E-state index contributed by atoms with van der Waals surface area (Å²) in [6.45, 7) is 0.0271. The molecule has 1 fully saturated rings. The summed E-state index contributed by atoms with van der Waals surface area (Å²) in [6.07, 6.45) is 3.02. The SMILES string of the molecule is COc1ccc(COC(=O)C2=C(c3ccco3)CS[C@H]3[C@H](N=Cc4ccc([N+](=O)[O-])cc4)C(=O)N23)cc1. The Bertz CT molecular complexity index is 1380. The Morgan fingerprint density at radius 2 is 1.97 bits per heavy atom. The number of methoxy groups -OCH3 is 1. The number of nitro benzene ring substituents is 1. The van der Waals surface area contributed by atoms with Crippen LogP contribution in [0.1, 0.15) is 16.9 Å². The number of rotatable bonds is 8. The van der Waals surface area contributed by atoms with Crippen LogP contribution < -0.4 is 4.74 Å². The van der Waals surface area contributed by atoms with Gasteiger partial charge in [-0.25, -0.2) is 4.79 Å². The van der Waals surface area contributed by atoms with E-state index in [1.54, 1.807) is 55.6 Å². The molecule has 0 bridgehead atoms. The molecular weight excluding hydrogens is 498 g/mol. The number of non-ortho nitro benzene ring substituents is 1. The molecule has 10 nitrogen and oxygen atoms in total. The summed E-state index contributed by atoms with van der Waals surface area (Å²) in [5.41, 5.74) is 2.11. The van der Waals surface area contributed by atoms with Crippen molar-refractivity contribution >= 4 is 41.1 Å². The number of β-lactam (4-membered cyclic amide) rings is 1. The van der Waals surface area contributed by atoms with Crippen molar-refractivity contribution in [2.45, 2.75) is 18.0 Å². The normalized spacial score (nSPS) is 18.9. The molecule has 188 valence electrons. The number of carbonyl (C=O) groups excluding carboxylic acids is 2. The van der Waals surface area contributed by atoms with Crippen LogP contribution in [0.3, 0.4) is 0 Å². The lowest BCUT2D eigenvalue weighted by atomic mass is 10.0. The lowest BCUT2D eigenvalue weighted by Crippen LogP contribution is -2.64. The first-order valence-electron chi connectivity index (χ1n) is 11.3. The highest BCUT2D eigenvalue weighted by molar-refractivity contribution is 8.00. The van der Waals surface area contributed by atoms with Crippen molar-refractivity contribution in [3.8, 4) is 5.75 Å². The van der Waals surface area contributed by atoms with Gasteiger partial charge in [0, 0.05) is 29.7 Å². The second-order valence-electron chi connectivity index (χ2n) is 8.21. The maximum Gasteiger partial charge on any atom is 0.355 e. The fourth-order valence-electron chi connectivity index (χ4n) is 4.02. The topological polar surface area (TPSA) is 124 Å². The first-order valence-corrected chi connectivity index (χ1v) is 12.3. The first-order chi connectivity index (χ1) is 18.0. The number of hydrogen-bond donors (Lipinski definition) is 0. The number of aliphatic imine (C=N–C) groups is 1. The second kappa shape index (κ2) is 10.3. The molecule has 0 N–H and O–H groups in total. The third kappa shape index (κ3) is 4.85. The van der Waals surface area contributed by atoms with Gasteiger partial charge in [-0.1, -0.05) is 12.1 Å². The molecule has 5 rings (SSSR count). The third-order valence-corrected chi connectivity index (χ3v) is 7.23. The van der Waals surface area contributed by atoms with Gasteiger partial charge in [0.05, 0.1) is 18.3 Å². The van der Waals surface area contributed by atoms with E-state index in [-0.39, 0.29) is 29.3 Å². The Morgan fingerprint density at radius 1 is 1.22 bits per heavy atom. The summed E-state index contributed by atoms with van der Waals surface area (Å²) >= 11 is 1.47. The van der Waals surface area contributed by atoms with Crippen molar-refractivity contribution in [3.05, 3.63) is 99.6 Å². The van der Waals surface area contributed by atoms with Gasteiger partial charge < -0.3 is 13.9 Å². The molecule has 3 aromatic rings. The molecule has 1 aromatic heterocycles. The van der Waals surface area contributed by atoms with Crippen LogP contribution in [0.15, 0.2) is 82.0 Å². The Labute approximate surface area is 215 Å². The molecule has 11 heteroatoms. The van der Waals surface area contributed by atoms with E-state index >= 15 is 0 Å².